The Kier molecular flexibility index (Phi) is 7.44. The minimum absolute atomic E-state index is 0.0621. The molecule has 3 aromatic rings. The highest BCUT2D eigenvalue weighted by Gasteiger charge is 2.28. The summed E-state index contributed by atoms with van der Waals surface area (Å²) >= 11 is 0. The van der Waals surface area contributed by atoms with Gasteiger partial charge in [0.25, 0.3) is 5.91 Å². The molecule has 4 rings (SSSR count). The van der Waals surface area contributed by atoms with E-state index in [4.69, 9.17) is 4.42 Å². The molecule has 1 fully saturated rings. The molecule has 0 unspecified atom stereocenters. The summed E-state index contributed by atoms with van der Waals surface area (Å²) < 4.78 is 33.5. The van der Waals surface area contributed by atoms with Gasteiger partial charge in [0.2, 0.25) is 10.0 Å². The summed E-state index contributed by atoms with van der Waals surface area (Å²) in [5.74, 6) is 0.600. The monoisotopic (exact) mass is 498 g/mol. The highest BCUT2D eigenvalue weighted by molar-refractivity contribution is 7.89. The molecule has 2 aromatic carbocycles. The molecule has 3 N–H and O–H groups in total. The van der Waals surface area contributed by atoms with Gasteiger partial charge in [-0.25, -0.2) is 8.42 Å². The lowest BCUT2D eigenvalue weighted by Crippen LogP contribution is -2.28. The number of nitrogens with zero attached hydrogens (tertiary/aromatic N) is 2. The van der Waals surface area contributed by atoms with Crippen molar-refractivity contribution in [3.63, 3.8) is 0 Å². The van der Waals surface area contributed by atoms with Crippen molar-refractivity contribution in [2.75, 3.05) is 42.7 Å². The second kappa shape index (κ2) is 10.5. The highest BCUT2D eigenvalue weighted by atomic mass is 32.2. The molecule has 0 saturated carbocycles. The Morgan fingerprint density at radius 1 is 1.03 bits per heavy atom. The third-order valence-corrected chi connectivity index (χ3v) is 7.71. The van der Waals surface area contributed by atoms with Crippen molar-refractivity contribution in [3.8, 4) is 0 Å². The van der Waals surface area contributed by atoms with Gasteiger partial charge in [-0.3, -0.25) is 4.79 Å². The first-order valence-corrected chi connectivity index (χ1v) is 12.9. The first kappa shape index (κ1) is 24.8. The standard InChI is InChI=1S/C25H30N4O5S/c1-28(2)21-7-5-6-19(14-21)27-25(31)18-12-20(26-16-22-8-9-23(17-30)34-22)15-24(13-18)35(32,33)29-10-3-4-11-29/h5-9,12-15,26,30H,3-4,10-11,16-17H2,1-2H3,(H,27,31). The number of benzene rings is 2. The maximum absolute atomic E-state index is 13.3. The Balaban J connectivity index is 1.63. The Labute approximate surface area is 205 Å². The number of furan rings is 1. The van der Waals surface area contributed by atoms with E-state index in [2.05, 4.69) is 10.6 Å². The molecular formula is C25H30N4O5S. The number of hydrogen-bond donors (Lipinski definition) is 3. The number of carbonyl (C=O) groups excluding carboxylic acids is 1. The Morgan fingerprint density at radius 3 is 2.46 bits per heavy atom. The van der Waals surface area contributed by atoms with Crippen LogP contribution in [0.4, 0.5) is 17.1 Å². The summed E-state index contributed by atoms with van der Waals surface area (Å²) in [6.45, 7) is 0.992. The van der Waals surface area contributed by atoms with Crippen LogP contribution in [0.2, 0.25) is 0 Å². The van der Waals surface area contributed by atoms with Crippen LogP contribution in [0.25, 0.3) is 0 Å². The van der Waals surface area contributed by atoms with Gasteiger partial charge in [0.05, 0.1) is 11.4 Å². The summed E-state index contributed by atoms with van der Waals surface area (Å²) in [6.07, 6.45) is 1.64. The van der Waals surface area contributed by atoms with Gasteiger partial charge in [0, 0.05) is 49.8 Å². The number of nitrogens with one attached hydrogen (secondary N) is 2. The minimum atomic E-state index is -3.74. The number of aliphatic hydroxyl groups excluding tert-OH is 1. The summed E-state index contributed by atoms with van der Waals surface area (Å²) in [5.41, 5.74) is 2.23. The molecule has 9 nitrogen and oxygen atoms in total. The van der Waals surface area contributed by atoms with Crippen LogP contribution in [0.15, 0.2) is 63.9 Å². The Morgan fingerprint density at radius 2 is 1.77 bits per heavy atom. The smallest absolute Gasteiger partial charge is 0.255 e. The molecule has 2 heterocycles. The fourth-order valence-electron chi connectivity index (χ4n) is 3.92. The van der Waals surface area contributed by atoms with E-state index in [-0.39, 0.29) is 23.6 Å². The van der Waals surface area contributed by atoms with Crippen molar-refractivity contribution in [2.24, 2.45) is 0 Å². The maximum atomic E-state index is 13.3. The summed E-state index contributed by atoms with van der Waals surface area (Å²) in [6, 6.07) is 15.4. The molecule has 10 heteroatoms. The van der Waals surface area contributed by atoms with Gasteiger partial charge in [-0.2, -0.15) is 4.31 Å². The van der Waals surface area contributed by atoms with Gasteiger partial charge < -0.3 is 25.1 Å². The Hall–Kier alpha value is -3.34. The SMILES string of the molecule is CN(C)c1cccc(NC(=O)c2cc(NCc3ccc(CO)o3)cc(S(=O)(=O)N3CCCC3)c2)c1. The van der Waals surface area contributed by atoms with Gasteiger partial charge in [0.15, 0.2) is 0 Å². The molecule has 0 radical (unpaired) electrons. The van der Waals surface area contributed by atoms with Crippen molar-refractivity contribution < 1.29 is 22.7 Å². The fourth-order valence-corrected chi connectivity index (χ4v) is 5.50. The van der Waals surface area contributed by atoms with E-state index in [1.54, 1.807) is 24.3 Å². The highest BCUT2D eigenvalue weighted by Crippen LogP contribution is 2.26. The first-order valence-electron chi connectivity index (χ1n) is 11.4. The third kappa shape index (κ3) is 5.84. The second-order valence-electron chi connectivity index (χ2n) is 8.64. The van der Waals surface area contributed by atoms with E-state index in [0.717, 1.165) is 18.5 Å². The van der Waals surface area contributed by atoms with Crippen molar-refractivity contribution in [3.05, 3.63) is 71.7 Å². The fraction of sp³-hybridized carbons (Fsp3) is 0.320. The number of sulfonamides is 1. The lowest BCUT2D eigenvalue weighted by molar-refractivity contribution is 0.102. The zero-order chi connectivity index (χ0) is 25.0. The van der Waals surface area contributed by atoms with Gasteiger partial charge in [-0.15, -0.1) is 0 Å². The number of rotatable bonds is 9. The molecule has 1 aliphatic heterocycles. The molecule has 0 atom stereocenters. The van der Waals surface area contributed by atoms with Crippen molar-refractivity contribution in [1.29, 1.82) is 0 Å². The summed E-state index contributed by atoms with van der Waals surface area (Å²) in [5, 5.41) is 15.2. The van der Waals surface area contributed by atoms with Gasteiger partial charge in [-0.05, 0) is 61.4 Å². The predicted molar refractivity (Wildman–Crippen MR) is 135 cm³/mol. The van der Waals surface area contributed by atoms with E-state index < -0.39 is 15.9 Å². The molecule has 186 valence electrons. The molecule has 0 aliphatic carbocycles. The maximum Gasteiger partial charge on any atom is 0.255 e. The largest absolute Gasteiger partial charge is 0.462 e. The van der Waals surface area contributed by atoms with Crippen LogP contribution in [0.3, 0.4) is 0 Å². The number of amides is 1. The summed E-state index contributed by atoms with van der Waals surface area (Å²) in [7, 11) is 0.0810. The molecule has 0 bridgehead atoms. The quantitative estimate of drug-likeness (QED) is 0.414. The van der Waals surface area contributed by atoms with Crippen LogP contribution in [0, 0.1) is 0 Å². The minimum Gasteiger partial charge on any atom is -0.462 e. The molecule has 35 heavy (non-hydrogen) atoms. The van der Waals surface area contributed by atoms with E-state index in [9.17, 15) is 18.3 Å². The predicted octanol–water partition coefficient (Wildman–Crippen LogP) is 3.49. The van der Waals surface area contributed by atoms with E-state index in [0.29, 0.717) is 36.0 Å². The van der Waals surface area contributed by atoms with E-state index in [1.807, 2.05) is 37.2 Å². The van der Waals surface area contributed by atoms with Crippen molar-refractivity contribution >= 4 is 33.0 Å². The zero-order valence-corrected chi connectivity index (χ0v) is 20.6. The van der Waals surface area contributed by atoms with Crippen LogP contribution in [0.5, 0.6) is 0 Å². The second-order valence-corrected chi connectivity index (χ2v) is 10.6. The van der Waals surface area contributed by atoms with E-state index >= 15 is 0 Å². The van der Waals surface area contributed by atoms with Crippen LogP contribution < -0.4 is 15.5 Å². The Bertz CT molecular complexity index is 1300. The molecule has 1 aromatic heterocycles. The normalized spacial score (nSPS) is 14.1. The van der Waals surface area contributed by atoms with Crippen molar-refractivity contribution in [2.45, 2.75) is 30.9 Å². The van der Waals surface area contributed by atoms with Gasteiger partial charge in [0.1, 0.15) is 18.1 Å². The molecule has 1 saturated heterocycles. The average Bonchev–Trinajstić information content (AvgIpc) is 3.55. The zero-order valence-electron chi connectivity index (χ0n) is 19.8. The number of hydrogen-bond acceptors (Lipinski definition) is 7. The molecule has 1 amide bonds. The number of carbonyl (C=O) groups is 1. The van der Waals surface area contributed by atoms with Crippen LogP contribution in [-0.4, -0.2) is 50.9 Å². The van der Waals surface area contributed by atoms with E-state index in [1.165, 1.54) is 16.4 Å². The first-order chi connectivity index (χ1) is 16.8. The van der Waals surface area contributed by atoms with Crippen LogP contribution in [-0.2, 0) is 23.2 Å². The number of aliphatic hydroxyl groups is 1. The van der Waals surface area contributed by atoms with Crippen LogP contribution in [0.1, 0.15) is 34.7 Å². The number of anilines is 3. The van der Waals surface area contributed by atoms with Crippen molar-refractivity contribution in [1.82, 2.24) is 4.31 Å². The molecule has 1 aliphatic rings. The van der Waals surface area contributed by atoms with Gasteiger partial charge in [-0.1, -0.05) is 6.07 Å². The topological polar surface area (TPSA) is 115 Å². The van der Waals surface area contributed by atoms with Crippen LogP contribution >= 0.6 is 0 Å². The lowest BCUT2D eigenvalue weighted by Gasteiger charge is -2.18. The van der Waals surface area contributed by atoms with Gasteiger partial charge >= 0.3 is 0 Å². The molecular weight excluding hydrogens is 468 g/mol. The molecule has 0 spiro atoms. The lowest BCUT2D eigenvalue weighted by atomic mass is 10.1. The summed E-state index contributed by atoms with van der Waals surface area (Å²) in [4.78, 5) is 15.1. The third-order valence-electron chi connectivity index (χ3n) is 5.83. The average molecular weight is 499 g/mol.